The van der Waals surface area contributed by atoms with E-state index < -0.39 is 30.1 Å². The highest BCUT2D eigenvalue weighted by molar-refractivity contribution is 5.94. The molecule has 1 saturated heterocycles. The Morgan fingerprint density at radius 1 is 0.936 bits per heavy atom. The molecule has 1 fully saturated rings. The van der Waals surface area contributed by atoms with Crippen LogP contribution in [0.5, 0.6) is 5.75 Å². The maximum Gasteiger partial charge on any atom is 0.338 e. The van der Waals surface area contributed by atoms with Crippen LogP contribution in [0.1, 0.15) is 45.5 Å². The number of phenolic OH excluding ortho intramolecular Hbond substituents is 1. The van der Waals surface area contributed by atoms with Gasteiger partial charge >= 0.3 is 5.97 Å². The number of para-hydroxylation sites is 1. The molecular weight excluding hydrogens is 600 g/mol. The number of aromatic hydroxyl groups is 1. The van der Waals surface area contributed by atoms with Gasteiger partial charge < -0.3 is 35.1 Å². The predicted molar refractivity (Wildman–Crippen MR) is 173 cm³/mol. The molecule has 0 aromatic heterocycles. The summed E-state index contributed by atoms with van der Waals surface area (Å²) >= 11 is 0. The molecule has 47 heavy (non-hydrogen) atoms. The normalized spacial score (nSPS) is 20.8. The molecule has 10 heteroatoms. The van der Waals surface area contributed by atoms with Gasteiger partial charge in [0, 0.05) is 44.3 Å². The lowest BCUT2D eigenvalue weighted by molar-refractivity contribution is -0.172. The number of phenols is 1. The lowest BCUT2D eigenvalue weighted by Gasteiger charge is -2.30. The summed E-state index contributed by atoms with van der Waals surface area (Å²) in [6, 6.07) is 22.2. The summed E-state index contributed by atoms with van der Waals surface area (Å²) in [6.07, 6.45) is 5.30. The summed E-state index contributed by atoms with van der Waals surface area (Å²) in [5.74, 6) is -1.91. The highest BCUT2D eigenvalue weighted by atomic mass is 16.8. The Hall–Kier alpha value is -4.77. The fourth-order valence-electron chi connectivity index (χ4n) is 6.33. The number of aliphatic hydroxyl groups excluding tert-OH is 1. The number of hydrogen-bond acceptors (Lipinski definition) is 8. The van der Waals surface area contributed by atoms with Crippen molar-refractivity contribution in [3.63, 3.8) is 0 Å². The lowest BCUT2D eigenvalue weighted by Crippen LogP contribution is -2.44. The minimum atomic E-state index is -0.922. The van der Waals surface area contributed by atoms with Gasteiger partial charge in [-0.25, -0.2) is 4.79 Å². The minimum absolute atomic E-state index is 0.0573. The van der Waals surface area contributed by atoms with Crippen LogP contribution in [0.15, 0.2) is 90.5 Å². The van der Waals surface area contributed by atoms with Crippen molar-refractivity contribution < 1.29 is 38.8 Å². The van der Waals surface area contributed by atoms with Crippen LogP contribution in [0.3, 0.4) is 0 Å². The van der Waals surface area contributed by atoms with Crippen LogP contribution >= 0.6 is 0 Å². The fraction of sp³-hybridized carbons (Fsp3) is 0.324. The van der Waals surface area contributed by atoms with E-state index in [0.29, 0.717) is 30.4 Å². The van der Waals surface area contributed by atoms with E-state index in [-0.39, 0.29) is 50.1 Å². The van der Waals surface area contributed by atoms with Crippen molar-refractivity contribution in [1.29, 1.82) is 0 Å². The maximum atomic E-state index is 13.5. The number of esters is 1. The molecule has 244 valence electrons. The summed E-state index contributed by atoms with van der Waals surface area (Å²) in [5.41, 5.74) is 4.59. The monoisotopic (exact) mass is 638 g/mol. The number of carbonyl (C=O) groups excluding carboxylic acids is 3. The number of nitrogens with one attached hydrogen (secondary N) is 2. The molecule has 3 aliphatic rings. The van der Waals surface area contributed by atoms with Crippen LogP contribution in [-0.4, -0.2) is 71.8 Å². The van der Waals surface area contributed by atoms with Crippen LogP contribution in [0.4, 0.5) is 0 Å². The molecule has 1 aliphatic heterocycles. The third-order valence-electron chi connectivity index (χ3n) is 8.60. The molecule has 3 aromatic rings. The van der Waals surface area contributed by atoms with Gasteiger partial charge in [0.15, 0.2) is 5.79 Å². The van der Waals surface area contributed by atoms with Gasteiger partial charge in [-0.3, -0.25) is 9.59 Å². The van der Waals surface area contributed by atoms with E-state index in [9.17, 15) is 19.5 Å². The molecule has 2 aliphatic carbocycles. The zero-order chi connectivity index (χ0) is 32.8. The van der Waals surface area contributed by atoms with Gasteiger partial charge in [0.1, 0.15) is 24.1 Å². The molecule has 10 nitrogen and oxygen atoms in total. The van der Waals surface area contributed by atoms with Crippen LogP contribution in [0.25, 0.3) is 6.08 Å². The van der Waals surface area contributed by atoms with Crippen LogP contribution in [0.2, 0.25) is 0 Å². The van der Waals surface area contributed by atoms with Crippen molar-refractivity contribution in [1.82, 2.24) is 10.6 Å². The van der Waals surface area contributed by atoms with Crippen molar-refractivity contribution in [2.75, 3.05) is 19.7 Å². The van der Waals surface area contributed by atoms with E-state index in [2.05, 4.69) is 10.6 Å². The SMILES string of the molecule is O=C(CCNC(=O)C1=CC2OC3(Cc4ccccc4C3)OC2C(OC(=O)c2cccc(C=CCc3ccccc3O)c2)C1)NCCO. The summed E-state index contributed by atoms with van der Waals surface area (Å²) in [7, 11) is 0. The molecule has 2 amide bonds. The second-order valence-corrected chi connectivity index (χ2v) is 12.0. The Labute approximate surface area is 273 Å². The quantitative estimate of drug-likeness (QED) is 0.234. The maximum absolute atomic E-state index is 13.5. The largest absolute Gasteiger partial charge is 0.508 e. The number of benzene rings is 3. The molecular formula is C37H38N2O8. The predicted octanol–water partition coefficient (Wildman–Crippen LogP) is 3.40. The van der Waals surface area contributed by atoms with Crippen molar-refractivity contribution in [2.45, 2.75) is 56.2 Å². The van der Waals surface area contributed by atoms with E-state index in [1.54, 1.807) is 36.4 Å². The van der Waals surface area contributed by atoms with Gasteiger partial charge in [0.05, 0.1) is 12.2 Å². The van der Waals surface area contributed by atoms with Gasteiger partial charge in [-0.2, -0.15) is 0 Å². The van der Waals surface area contributed by atoms with Gasteiger partial charge in [-0.05, 0) is 52.9 Å². The lowest BCUT2D eigenvalue weighted by atomic mass is 9.91. The number of carbonyl (C=O) groups is 3. The topological polar surface area (TPSA) is 143 Å². The highest BCUT2D eigenvalue weighted by Gasteiger charge is 2.55. The number of hydrogen-bond donors (Lipinski definition) is 4. The molecule has 3 aromatic carbocycles. The molecule has 0 bridgehead atoms. The Balaban J connectivity index is 1.16. The Morgan fingerprint density at radius 2 is 1.70 bits per heavy atom. The Bertz CT molecular complexity index is 1670. The Morgan fingerprint density at radius 3 is 2.47 bits per heavy atom. The number of fused-ring (bicyclic) bond motifs is 2. The summed E-state index contributed by atoms with van der Waals surface area (Å²) in [4.78, 5) is 38.7. The van der Waals surface area contributed by atoms with Crippen molar-refractivity contribution in [2.24, 2.45) is 0 Å². The second kappa shape index (κ2) is 14.3. The summed E-state index contributed by atoms with van der Waals surface area (Å²) in [5, 5.41) is 24.3. The van der Waals surface area contributed by atoms with Crippen LogP contribution in [0, 0.1) is 0 Å². The average molecular weight is 639 g/mol. The first kappa shape index (κ1) is 32.2. The van der Waals surface area contributed by atoms with E-state index in [1.165, 1.54) is 0 Å². The molecule has 3 atom stereocenters. The number of rotatable bonds is 11. The second-order valence-electron chi connectivity index (χ2n) is 12.0. The molecule has 1 heterocycles. The third kappa shape index (κ3) is 7.62. The molecule has 3 unspecified atom stereocenters. The zero-order valence-corrected chi connectivity index (χ0v) is 25.9. The van der Waals surface area contributed by atoms with Crippen LogP contribution < -0.4 is 10.6 Å². The smallest absolute Gasteiger partial charge is 0.338 e. The summed E-state index contributed by atoms with van der Waals surface area (Å²) < 4.78 is 19.2. The zero-order valence-electron chi connectivity index (χ0n) is 25.9. The van der Waals surface area contributed by atoms with Crippen molar-refractivity contribution >= 4 is 23.9 Å². The molecule has 0 radical (unpaired) electrons. The highest BCUT2D eigenvalue weighted by Crippen LogP contribution is 2.45. The van der Waals surface area contributed by atoms with Gasteiger partial charge in [0.25, 0.3) is 0 Å². The minimum Gasteiger partial charge on any atom is -0.508 e. The number of allylic oxidation sites excluding steroid dienone is 1. The molecule has 4 N–H and O–H groups in total. The number of aliphatic hydroxyl groups is 1. The van der Waals surface area contributed by atoms with Gasteiger partial charge in [-0.15, -0.1) is 0 Å². The standard InChI is InChI=1S/C37H38N2O8/c40-18-17-38-33(42)15-16-39-35(43)29-20-31(34-32(21-29)46-37(47-34)22-27-10-1-2-11-28(27)23-37)45-36(44)26-13-6-8-24(19-26)7-5-12-25-9-3-4-14-30(25)41/h1-11,13-14,19,21,31-32,34,40-41H,12,15-18,20,22-23H2,(H,38,42)(H,39,43). The third-order valence-corrected chi connectivity index (χ3v) is 8.60. The first-order valence-electron chi connectivity index (χ1n) is 15.9. The van der Waals surface area contributed by atoms with E-state index in [0.717, 1.165) is 22.3 Å². The van der Waals surface area contributed by atoms with Crippen molar-refractivity contribution in [3.8, 4) is 5.75 Å². The van der Waals surface area contributed by atoms with Gasteiger partial charge in [0.2, 0.25) is 11.8 Å². The summed E-state index contributed by atoms with van der Waals surface area (Å²) in [6.45, 7) is 0.0875. The fourth-order valence-corrected chi connectivity index (χ4v) is 6.33. The number of ether oxygens (including phenoxy) is 3. The van der Waals surface area contributed by atoms with Gasteiger partial charge in [-0.1, -0.05) is 66.7 Å². The molecule has 0 saturated carbocycles. The van der Waals surface area contributed by atoms with E-state index >= 15 is 0 Å². The average Bonchev–Trinajstić information content (AvgIpc) is 3.62. The van der Waals surface area contributed by atoms with Crippen molar-refractivity contribution in [3.05, 3.63) is 118 Å². The number of amides is 2. The van der Waals surface area contributed by atoms with E-state index in [1.807, 2.05) is 54.6 Å². The first-order valence-corrected chi connectivity index (χ1v) is 15.9. The first-order chi connectivity index (χ1) is 22.8. The molecule has 6 rings (SSSR count). The van der Waals surface area contributed by atoms with Crippen LogP contribution in [-0.2, 0) is 43.1 Å². The Kier molecular flexibility index (Phi) is 9.81. The molecule has 1 spiro atoms. The van der Waals surface area contributed by atoms with E-state index in [4.69, 9.17) is 19.3 Å².